The van der Waals surface area contributed by atoms with Crippen molar-refractivity contribution in [2.24, 2.45) is 0 Å². The molecule has 0 unspecified atom stereocenters. The fourth-order valence-electron chi connectivity index (χ4n) is 3.67. The molecule has 0 bridgehead atoms. The van der Waals surface area contributed by atoms with Crippen LogP contribution in [0.5, 0.6) is 0 Å². The van der Waals surface area contributed by atoms with Crippen molar-refractivity contribution in [3.05, 3.63) is 51.5 Å². The standard InChI is InChI=1S/C20H27Cl2N3O/c1-15-5-7-17(8-6-15)20(26)9-13-24(14-10-20)11-3-4-12-25-16(2)23-18(21)19(25)22/h5-8,26H,3-4,9-14H2,1-2H3. The predicted octanol–water partition coefficient (Wildman–Crippen LogP) is 4.57. The highest BCUT2D eigenvalue weighted by molar-refractivity contribution is 6.40. The second-order valence-corrected chi connectivity index (χ2v) is 8.05. The summed E-state index contributed by atoms with van der Waals surface area (Å²) in [6.45, 7) is 7.74. The van der Waals surface area contributed by atoms with Gasteiger partial charge in [0.15, 0.2) is 5.15 Å². The molecular formula is C20H27Cl2N3O. The zero-order valence-corrected chi connectivity index (χ0v) is 17.0. The minimum Gasteiger partial charge on any atom is -0.385 e. The van der Waals surface area contributed by atoms with Gasteiger partial charge >= 0.3 is 0 Å². The van der Waals surface area contributed by atoms with Crippen molar-refractivity contribution in [1.29, 1.82) is 0 Å². The average molecular weight is 396 g/mol. The monoisotopic (exact) mass is 395 g/mol. The van der Waals surface area contributed by atoms with Crippen LogP contribution in [0.1, 0.15) is 42.6 Å². The molecule has 2 heterocycles. The van der Waals surface area contributed by atoms with Crippen molar-refractivity contribution in [3.63, 3.8) is 0 Å². The number of rotatable bonds is 6. The number of unbranched alkanes of at least 4 members (excludes halogenated alkanes) is 1. The fraction of sp³-hybridized carbons (Fsp3) is 0.550. The summed E-state index contributed by atoms with van der Waals surface area (Å²) in [5.74, 6) is 0.862. The molecule has 0 aliphatic carbocycles. The molecule has 0 atom stereocenters. The zero-order valence-electron chi connectivity index (χ0n) is 15.5. The maximum Gasteiger partial charge on any atom is 0.166 e. The molecule has 4 nitrogen and oxygen atoms in total. The molecule has 0 spiro atoms. The SMILES string of the molecule is Cc1ccc(C2(O)CCN(CCCCn3c(C)nc(Cl)c3Cl)CC2)cc1. The Hall–Kier alpha value is -1.07. The first-order valence-corrected chi connectivity index (χ1v) is 10.0. The third-order valence-corrected chi connectivity index (χ3v) is 6.18. The van der Waals surface area contributed by atoms with Gasteiger partial charge in [-0.15, -0.1) is 0 Å². The smallest absolute Gasteiger partial charge is 0.166 e. The van der Waals surface area contributed by atoms with Gasteiger partial charge in [0, 0.05) is 19.6 Å². The van der Waals surface area contributed by atoms with E-state index in [-0.39, 0.29) is 0 Å². The summed E-state index contributed by atoms with van der Waals surface area (Å²) in [6.07, 6.45) is 3.71. The van der Waals surface area contributed by atoms with Crippen molar-refractivity contribution >= 4 is 23.2 Å². The van der Waals surface area contributed by atoms with Gasteiger partial charge in [0.2, 0.25) is 0 Å². The zero-order chi connectivity index (χ0) is 18.7. The summed E-state index contributed by atoms with van der Waals surface area (Å²) in [5, 5.41) is 11.9. The van der Waals surface area contributed by atoms with Gasteiger partial charge in [-0.25, -0.2) is 4.98 Å². The molecule has 1 saturated heterocycles. The van der Waals surface area contributed by atoms with E-state index in [2.05, 4.69) is 41.1 Å². The van der Waals surface area contributed by atoms with Crippen molar-refractivity contribution in [2.45, 2.75) is 51.7 Å². The minimum atomic E-state index is -0.678. The van der Waals surface area contributed by atoms with Crippen LogP contribution in [0.2, 0.25) is 10.3 Å². The van der Waals surface area contributed by atoms with E-state index in [1.165, 1.54) is 5.56 Å². The van der Waals surface area contributed by atoms with Crippen LogP contribution in [-0.4, -0.2) is 39.2 Å². The Bertz CT molecular complexity index is 734. The van der Waals surface area contributed by atoms with E-state index < -0.39 is 5.60 Å². The van der Waals surface area contributed by atoms with E-state index in [1.807, 2.05) is 11.5 Å². The summed E-state index contributed by atoms with van der Waals surface area (Å²) in [6, 6.07) is 8.28. The second kappa shape index (κ2) is 8.30. The van der Waals surface area contributed by atoms with Crippen molar-refractivity contribution in [1.82, 2.24) is 14.5 Å². The Morgan fingerprint density at radius 2 is 1.65 bits per heavy atom. The molecule has 6 heteroatoms. The summed E-state index contributed by atoms with van der Waals surface area (Å²) in [7, 11) is 0. The normalized spacial score (nSPS) is 17.6. The topological polar surface area (TPSA) is 41.3 Å². The lowest BCUT2D eigenvalue weighted by Crippen LogP contribution is -2.42. The number of imidazole rings is 1. The van der Waals surface area contributed by atoms with Crippen LogP contribution >= 0.6 is 23.2 Å². The first-order valence-electron chi connectivity index (χ1n) is 9.29. The number of aromatic nitrogens is 2. The average Bonchev–Trinajstić information content (AvgIpc) is 2.86. The summed E-state index contributed by atoms with van der Waals surface area (Å²) < 4.78 is 1.97. The summed E-state index contributed by atoms with van der Waals surface area (Å²) in [5.41, 5.74) is 1.59. The predicted molar refractivity (Wildman–Crippen MR) is 107 cm³/mol. The van der Waals surface area contributed by atoms with Crippen LogP contribution in [0, 0.1) is 13.8 Å². The third-order valence-electron chi connectivity index (χ3n) is 5.44. The van der Waals surface area contributed by atoms with Crippen LogP contribution in [0.3, 0.4) is 0 Å². The lowest BCUT2D eigenvalue weighted by molar-refractivity contribution is -0.0261. The number of nitrogens with zero attached hydrogens (tertiary/aromatic N) is 3. The molecule has 1 aliphatic rings. The second-order valence-electron chi connectivity index (χ2n) is 7.34. The molecule has 1 fully saturated rings. The van der Waals surface area contributed by atoms with Gasteiger partial charge in [0.1, 0.15) is 11.0 Å². The molecule has 2 aromatic rings. The van der Waals surface area contributed by atoms with Crippen molar-refractivity contribution < 1.29 is 5.11 Å². The third kappa shape index (κ3) is 4.42. The van der Waals surface area contributed by atoms with Crippen molar-refractivity contribution in [2.75, 3.05) is 19.6 Å². The highest BCUT2D eigenvalue weighted by atomic mass is 35.5. The Labute approximate surface area is 165 Å². The van der Waals surface area contributed by atoms with E-state index in [9.17, 15) is 5.11 Å². The molecule has 3 rings (SSSR count). The lowest BCUT2D eigenvalue weighted by atomic mass is 9.84. The number of benzene rings is 1. The number of aliphatic hydroxyl groups is 1. The molecule has 26 heavy (non-hydrogen) atoms. The molecule has 142 valence electrons. The Balaban J connectivity index is 1.43. The first-order chi connectivity index (χ1) is 12.4. The van der Waals surface area contributed by atoms with Gasteiger partial charge in [-0.05, 0) is 51.6 Å². The van der Waals surface area contributed by atoms with Crippen LogP contribution < -0.4 is 0 Å². The number of hydrogen-bond donors (Lipinski definition) is 1. The number of hydrogen-bond acceptors (Lipinski definition) is 3. The van der Waals surface area contributed by atoms with Gasteiger partial charge in [-0.2, -0.15) is 0 Å². The van der Waals surface area contributed by atoms with Gasteiger partial charge < -0.3 is 14.6 Å². The van der Waals surface area contributed by atoms with E-state index >= 15 is 0 Å². The molecular weight excluding hydrogens is 369 g/mol. The summed E-state index contributed by atoms with van der Waals surface area (Å²) in [4.78, 5) is 6.63. The lowest BCUT2D eigenvalue weighted by Gasteiger charge is -2.38. The molecule has 0 radical (unpaired) electrons. The maximum absolute atomic E-state index is 11.0. The number of piperidine rings is 1. The molecule has 1 aromatic heterocycles. The Kier molecular flexibility index (Phi) is 6.29. The van der Waals surface area contributed by atoms with Gasteiger partial charge in [0.05, 0.1) is 5.60 Å². The molecule has 0 saturated carbocycles. The molecule has 0 amide bonds. The maximum atomic E-state index is 11.0. The Morgan fingerprint density at radius 1 is 1.04 bits per heavy atom. The van der Waals surface area contributed by atoms with Gasteiger partial charge in [0.25, 0.3) is 0 Å². The molecule has 1 aliphatic heterocycles. The highest BCUT2D eigenvalue weighted by Gasteiger charge is 2.33. The van der Waals surface area contributed by atoms with Crippen LogP contribution in [0.15, 0.2) is 24.3 Å². The first kappa shape index (κ1) is 19.7. The number of likely N-dealkylation sites (tertiary alicyclic amines) is 1. The minimum absolute atomic E-state index is 0.385. The van der Waals surface area contributed by atoms with E-state index in [0.29, 0.717) is 10.3 Å². The van der Waals surface area contributed by atoms with Gasteiger partial charge in [-0.1, -0.05) is 53.0 Å². The largest absolute Gasteiger partial charge is 0.385 e. The number of halogens is 2. The van der Waals surface area contributed by atoms with E-state index in [4.69, 9.17) is 23.2 Å². The highest BCUT2D eigenvalue weighted by Crippen LogP contribution is 2.33. The molecule has 1 aromatic carbocycles. The van der Waals surface area contributed by atoms with E-state index in [1.54, 1.807) is 0 Å². The van der Waals surface area contributed by atoms with Crippen molar-refractivity contribution in [3.8, 4) is 0 Å². The van der Waals surface area contributed by atoms with E-state index in [0.717, 1.165) is 63.3 Å². The quantitative estimate of drug-likeness (QED) is 0.728. The van der Waals surface area contributed by atoms with Crippen LogP contribution in [-0.2, 0) is 12.1 Å². The van der Waals surface area contributed by atoms with Crippen LogP contribution in [0.4, 0.5) is 0 Å². The molecule has 1 N–H and O–H groups in total. The van der Waals surface area contributed by atoms with Crippen LogP contribution in [0.25, 0.3) is 0 Å². The summed E-state index contributed by atoms with van der Waals surface area (Å²) >= 11 is 12.1. The van der Waals surface area contributed by atoms with Gasteiger partial charge in [-0.3, -0.25) is 0 Å². The fourth-order valence-corrected chi connectivity index (χ4v) is 4.14. The number of aryl methyl sites for hydroxylation is 2. The Morgan fingerprint density at radius 3 is 2.23 bits per heavy atom.